The van der Waals surface area contributed by atoms with Crippen LogP contribution >= 0.6 is 23.2 Å². The van der Waals surface area contributed by atoms with Crippen molar-refractivity contribution in [2.75, 3.05) is 37.6 Å². The van der Waals surface area contributed by atoms with Crippen LogP contribution in [0, 0.1) is 5.92 Å². The molecule has 0 spiro atoms. The lowest BCUT2D eigenvalue weighted by Gasteiger charge is -2.30. The number of ether oxygens (including phenoxy) is 1. The molecule has 4 rings (SSSR count). The van der Waals surface area contributed by atoms with E-state index in [-0.39, 0.29) is 17.9 Å². The zero-order valence-electron chi connectivity index (χ0n) is 20.4. The third kappa shape index (κ3) is 6.82. The monoisotopic (exact) mass is 519 g/mol. The number of rotatable bonds is 9. The van der Waals surface area contributed by atoms with Gasteiger partial charge in [-0.05, 0) is 88.2 Å². The molecule has 2 aliphatic rings. The van der Waals surface area contributed by atoms with Crippen molar-refractivity contribution in [2.45, 2.75) is 51.4 Å². The van der Waals surface area contributed by atoms with Crippen LogP contribution in [0.5, 0.6) is 5.75 Å². The fourth-order valence-electron chi connectivity index (χ4n) is 4.91. The topological polar surface area (TPSA) is 65.0 Å². The highest BCUT2D eigenvalue weighted by Gasteiger charge is 2.33. The zero-order valence-corrected chi connectivity index (χ0v) is 21.9. The number of benzene rings is 2. The molecule has 2 aromatic carbocycles. The van der Waals surface area contributed by atoms with Gasteiger partial charge in [0.25, 0.3) is 0 Å². The highest BCUT2D eigenvalue weighted by molar-refractivity contribution is 6.32. The lowest BCUT2D eigenvalue weighted by Crippen LogP contribution is -2.48. The minimum Gasteiger partial charge on any atom is -0.489 e. The number of aliphatic hydroxyl groups excluding tert-OH is 1. The van der Waals surface area contributed by atoms with Crippen molar-refractivity contribution in [3.63, 3.8) is 0 Å². The quantitative estimate of drug-likeness (QED) is 0.492. The van der Waals surface area contributed by atoms with Gasteiger partial charge in [0, 0.05) is 30.3 Å². The van der Waals surface area contributed by atoms with Gasteiger partial charge >= 0.3 is 0 Å². The van der Waals surface area contributed by atoms with E-state index in [2.05, 4.69) is 15.1 Å². The van der Waals surface area contributed by atoms with E-state index in [0.717, 1.165) is 44.6 Å². The lowest BCUT2D eigenvalue weighted by atomic mass is 10.00. The van der Waals surface area contributed by atoms with Crippen molar-refractivity contribution in [3.05, 3.63) is 58.1 Å². The van der Waals surface area contributed by atoms with E-state index in [1.54, 1.807) is 12.1 Å². The minimum absolute atomic E-state index is 0.00401. The van der Waals surface area contributed by atoms with Crippen molar-refractivity contribution in [1.29, 1.82) is 0 Å². The normalized spacial score (nSPS) is 20.3. The molecule has 2 heterocycles. The molecule has 2 aliphatic heterocycles. The predicted molar refractivity (Wildman–Crippen MR) is 142 cm³/mol. The number of nitrogens with zero attached hydrogens (tertiary/aromatic N) is 2. The van der Waals surface area contributed by atoms with Crippen molar-refractivity contribution in [1.82, 2.24) is 10.2 Å². The Bertz CT molecular complexity index is 996. The molecule has 2 aromatic rings. The summed E-state index contributed by atoms with van der Waals surface area (Å²) in [5.74, 6) is 0.436. The second kappa shape index (κ2) is 11.8. The van der Waals surface area contributed by atoms with Gasteiger partial charge in [0.1, 0.15) is 11.9 Å². The molecule has 0 radical (unpaired) electrons. The van der Waals surface area contributed by atoms with Crippen LogP contribution in [0.1, 0.15) is 44.8 Å². The van der Waals surface area contributed by atoms with Crippen molar-refractivity contribution in [2.24, 2.45) is 5.92 Å². The summed E-state index contributed by atoms with van der Waals surface area (Å²) in [7, 11) is 0. The van der Waals surface area contributed by atoms with E-state index >= 15 is 0 Å². The number of anilines is 1. The Balaban J connectivity index is 1.45. The van der Waals surface area contributed by atoms with Gasteiger partial charge < -0.3 is 25.0 Å². The van der Waals surface area contributed by atoms with Gasteiger partial charge in [0.2, 0.25) is 5.91 Å². The molecule has 1 amide bonds. The molecule has 35 heavy (non-hydrogen) atoms. The molecule has 2 fully saturated rings. The van der Waals surface area contributed by atoms with Crippen molar-refractivity contribution >= 4 is 34.8 Å². The number of amides is 1. The van der Waals surface area contributed by atoms with Crippen LogP contribution in [0.25, 0.3) is 0 Å². The summed E-state index contributed by atoms with van der Waals surface area (Å²) < 4.78 is 5.73. The second-order valence-corrected chi connectivity index (χ2v) is 10.7. The van der Waals surface area contributed by atoms with E-state index in [4.69, 9.17) is 27.9 Å². The number of carbonyl (C=O) groups is 1. The first-order valence-electron chi connectivity index (χ1n) is 12.5. The minimum atomic E-state index is -0.876. The summed E-state index contributed by atoms with van der Waals surface area (Å²) in [5, 5.41) is 15.7. The first-order chi connectivity index (χ1) is 16.8. The number of carbonyl (C=O) groups excluding carboxylic acids is 1. The molecule has 0 saturated carbocycles. The number of aliphatic hydroxyl groups is 1. The van der Waals surface area contributed by atoms with E-state index < -0.39 is 12.1 Å². The maximum atomic E-state index is 13.3. The fourth-order valence-corrected chi connectivity index (χ4v) is 5.27. The highest BCUT2D eigenvalue weighted by Crippen LogP contribution is 2.31. The van der Waals surface area contributed by atoms with Crippen LogP contribution < -0.4 is 15.0 Å². The summed E-state index contributed by atoms with van der Waals surface area (Å²) in [5.41, 5.74) is 1.74. The Morgan fingerprint density at radius 3 is 2.49 bits per heavy atom. The number of halogens is 2. The zero-order chi connectivity index (χ0) is 24.9. The van der Waals surface area contributed by atoms with Crippen LogP contribution in [-0.4, -0.2) is 60.8 Å². The summed E-state index contributed by atoms with van der Waals surface area (Å²) in [6.45, 7) is 7.90. The number of likely N-dealkylation sites (tertiary alicyclic amines) is 1. The molecule has 2 saturated heterocycles. The Labute approximate surface area is 218 Å². The summed E-state index contributed by atoms with van der Waals surface area (Å²) in [6, 6.07) is 12.6. The molecular formula is C27H35Cl2N3O3. The SMILES string of the molecule is CC(C)Oc1ccc([C@@H](O)[C@@H](CN2CCCC2)NC(=O)[C@H]2CCN(c3ccc(Cl)cc3)C2)cc1Cl. The average Bonchev–Trinajstić information content (AvgIpc) is 3.52. The second-order valence-electron chi connectivity index (χ2n) is 9.83. The van der Waals surface area contributed by atoms with Gasteiger partial charge in [0.05, 0.1) is 23.1 Å². The predicted octanol–water partition coefficient (Wildman–Crippen LogP) is 4.92. The third-order valence-electron chi connectivity index (χ3n) is 6.77. The van der Waals surface area contributed by atoms with E-state index in [9.17, 15) is 9.90 Å². The first kappa shape index (κ1) is 26.1. The van der Waals surface area contributed by atoms with E-state index in [1.807, 2.05) is 44.2 Å². The molecular weight excluding hydrogens is 485 g/mol. The maximum Gasteiger partial charge on any atom is 0.225 e. The van der Waals surface area contributed by atoms with Crippen LogP contribution in [-0.2, 0) is 4.79 Å². The third-order valence-corrected chi connectivity index (χ3v) is 7.32. The number of hydrogen-bond acceptors (Lipinski definition) is 5. The van der Waals surface area contributed by atoms with Crippen molar-refractivity contribution < 1.29 is 14.6 Å². The number of hydrogen-bond donors (Lipinski definition) is 2. The standard InChI is InChI=1S/C27H35Cl2N3O3/c1-18(2)35-25-10-5-19(15-23(25)29)26(33)24(17-31-12-3-4-13-31)30-27(34)20-11-14-32(16-20)22-8-6-21(28)7-9-22/h5-10,15,18,20,24,26,33H,3-4,11-14,16-17H2,1-2H3,(H,30,34)/t20-,24+,26+/m0/s1. The van der Waals surface area contributed by atoms with Crippen LogP contribution in [0.3, 0.4) is 0 Å². The van der Waals surface area contributed by atoms with Gasteiger partial charge in [-0.2, -0.15) is 0 Å². The Morgan fingerprint density at radius 2 is 1.83 bits per heavy atom. The fraction of sp³-hybridized carbons (Fsp3) is 0.519. The average molecular weight is 521 g/mol. The van der Waals surface area contributed by atoms with Gasteiger partial charge in [0.15, 0.2) is 0 Å². The van der Waals surface area contributed by atoms with E-state index in [1.165, 1.54) is 0 Å². The van der Waals surface area contributed by atoms with Gasteiger partial charge in [-0.1, -0.05) is 29.3 Å². The largest absolute Gasteiger partial charge is 0.489 e. The summed E-state index contributed by atoms with van der Waals surface area (Å²) in [6.07, 6.45) is 2.18. The number of nitrogens with one attached hydrogen (secondary N) is 1. The summed E-state index contributed by atoms with van der Waals surface area (Å²) >= 11 is 12.5. The van der Waals surface area contributed by atoms with Crippen LogP contribution in [0.4, 0.5) is 5.69 Å². The Kier molecular flexibility index (Phi) is 8.82. The lowest BCUT2D eigenvalue weighted by molar-refractivity contribution is -0.126. The first-order valence-corrected chi connectivity index (χ1v) is 13.2. The summed E-state index contributed by atoms with van der Waals surface area (Å²) in [4.78, 5) is 17.8. The molecule has 190 valence electrons. The molecule has 8 heteroatoms. The van der Waals surface area contributed by atoms with Gasteiger partial charge in [-0.25, -0.2) is 0 Å². The van der Waals surface area contributed by atoms with Crippen LogP contribution in [0.2, 0.25) is 10.0 Å². The van der Waals surface area contributed by atoms with E-state index in [0.29, 0.717) is 34.4 Å². The molecule has 6 nitrogen and oxygen atoms in total. The molecule has 0 aliphatic carbocycles. The van der Waals surface area contributed by atoms with Crippen molar-refractivity contribution in [3.8, 4) is 5.75 Å². The van der Waals surface area contributed by atoms with Gasteiger partial charge in [-0.15, -0.1) is 0 Å². The maximum absolute atomic E-state index is 13.3. The molecule has 2 N–H and O–H groups in total. The smallest absolute Gasteiger partial charge is 0.225 e. The van der Waals surface area contributed by atoms with Gasteiger partial charge in [-0.3, -0.25) is 4.79 Å². The Hall–Kier alpha value is -1.99. The molecule has 0 bridgehead atoms. The molecule has 0 unspecified atom stereocenters. The molecule has 3 atom stereocenters. The highest BCUT2D eigenvalue weighted by atomic mass is 35.5. The molecule has 0 aromatic heterocycles. The van der Waals surface area contributed by atoms with Crippen LogP contribution in [0.15, 0.2) is 42.5 Å². The Morgan fingerprint density at radius 1 is 1.11 bits per heavy atom.